The van der Waals surface area contributed by atoms with Crippen LogP contribution in [0.2, 0.25) is 0 Å². The first-order valence-electron chi connectivity index (χ1n) is 12.8. The molecule has 6 heteroatoms. The molecule has 0 aliphatic carbocycles. The maximum absolute atomic E-state index is 5.75. The van der Waals surface area contributed by atoms with Gasteiger partial charge in [0.05, 0.1) is 7.11 Å². The summed E-state index contributed by atoms with van der Waals surface area (Å²) in [4.78, 5) is 2.73. The maximum atomic E-state index is 5.75. The van der Waals surface area contributed by atoms with E-state index in [0.717, 1.165) is 29.1 Å². The fourth-order valence-electron chi connectivity index (χ4n) is 6.29. The molecule has 2 atom stereocenters. The van der Waals surface area contributed by atoms with Gasteiger partial charge in [-0.15, -0.1) is 5.10 Å². The zero-order chi connectivity index (χ0) is 24.3. The van der Waals surface area contributed by atoms with Crippen molar-refractivity contribution in [1.82, 2.24) is 19.8 Å². The molecule has 4 aromatic rings. The van der Waals surface area contributed by atoms with Gasteiger partial charge in [-0.25, -0.2) is 0 Å². The predicted molar refractivity (Wildman–Crippen MR) is 145 cm³/mol. The van der Waals surface area contributed by atoms with Gasteiger partial charge in [0.2, 0.25) is 0 Å². The van der Waals surface area contributed by atoms with E-state index < -0.39 is 0 Å². The predicted octanol–water partition coefficient (Wildman–Crippen LogP) is 5.60. The number of benzene rings is 3. The van der Waals surface area contributed by atoms with Gasteiger partial charge in [0.25, 0.3) is 0 Å². The Morgan fingerprint density at radius 3 is 2.28 bits per heavy atom. The fraction of sp³-hybridized carbons (Fsp3) is 0.333. The molecule has 36 heavy (non-hydrogen) atoms. The maximum Gasteiger partial charge on any atom is 0.123 e. The standard InChI is InChI=1S/C30H32N4OS/c1-35-27-13-12-24(26-20-36-33-32-26)18-25(27)19-31-29-23-14-16-34(17-15-23)30(29)28(21-8-4-2-5-9-21)22-10-6-3-7-11-22/h2-13,18,20,23,28-31H,14-17,19H2,1H3/t29-,30-/m0/s1. The first-order chi connectivity index (χ1) is 17.8. The van der Waals surface area contributed by atoms with Gasteiger partial charge in [-0.05, 0) is 72.7 Å². The van der Waals surface area contributed by atoms with E-state index in [1.165, 1.54) is 48.6 Å². The summed E-state index contributed by atoms with van der Waals surface area (Å²) >= 11 is 1.38. The minimum Gasteiger partial charge on any atom is -0.496 e. The van der Waals surface area contributed by atoms with Crippen molar-refractivity contribution in [3.05, 3.63) is 101 Å². The zero-order valence-electron chi connectivity index (χ0n) is 20.6. The molecule has 1 N–H and O–H groups in total. The number of ether oxygens (including phenoxy) is 1. The minimum atomic E-state index is 0.322. The summed E-state index contributed by atoms with van der Waals surface area (Å²) in [6, 6.07) is 29.2. The fourth-order valence-corrected chi connectivity index (χ4v) is 6.76. The molecule has 0 saturated carbocycles. The summed E-state index contributed by atoms with van der Waals surface area (Å²) in [6.07, 6.45) is 2.51. The second kappa shape index (κ2) is 10.5. The van der Waals surface area contributed by atoms with Crippen molar-refractivity contribution in [2.45, 2.75) is 37.4 Å². The molecule has 0 spiro atoms. The van der Waals surface area contributed by atoms with Gasteiger partial charge in [0, 0.05) is 41.1 Å². The summed E-state index contributed by atoms with van der Waals surface area (Å²) < 4.78 is 9.79. The highest BCUT2D eigenvalue weighted by Gasteiger charge is 2.46. The normalized spacial score (nSPS) is 23.2. The number of rotatable bonds is 8. The number of nitrogens with zero attached hydrogens (tertiary/aromatic N) is 3. The van der Waals surface area contributed by atoms with Crippen LogP contribution in [0, 0.1) is 5.92 Å². The molecule has 0 unspecified atom stereocenters. The van der Waals surface area contributed by atoms with Gasteiger partial charge in [0.1, 0.15) is 11.4 Å². The molecule has 3 aromatic carbocycles. The number of hydrogen-bond acceptors (Lipinski definition) is 6. The number of aromatic nitrogens is 2. The Hall–Kier alpha value is -3.06. The van der Waals surface area contributed by atoms with Crippen molar-refractivity contribution in [2.75, 3.05) is 20.2 Å². The second-order valence-electron chi connectivity index (χ2n) is 9.89. The van der Waals surface area contributed by atoms with E-state index >= 15 is 0 Å². The van der Waals surface area contributed by atoms with E-state index in [1.807, 2.05) is 5.38 Å². The number of piperidine rings is 3. The highest BCUT2D eigenvalue weighted by atomic mass is 32.1. The molecular formula is C30H32N4OS. The third kappa shape index (κ3) is 4.57. The summed E-state index contributed by atoms with van der Waals surface area (Å²) in [5.41, 5.74) is 5.94. The Morgan fingerprint density at radius 2 is 1.67 bits per heavy atom. The molecule has 3 aliphatic rings. The summed E-state index contributed by atoms with van der Waals surface area (Å²) in [5, 5.41) is 10.3. The second-order valence-corrected chi connectivity index (χ2v) is 10.5. The van der Waals surface area contributed by atoms with Gasteiger partial charge in [-0.3, -0.25) is 4.90 Å². The van der Waals surface area contributed by atoms with E-state index in [4.69, 9.17) is 4.74 Å². The number of hydrogen-bond donors (Lipinski definition) is 1. The quantitative estimate of drug-likeness (QED) is 0.344. The number of methoxy groups -OCH3 is 1. The molecule has 7 rings (SSSR count). The smallest absolute Gasteiger partial charge is 0.123 e. The summed E-state index contributed by atoms with van der Waals surface area (Å²) in [6.45, 7) is 3.12. The average Bonchev–Trinajstić information content (AvgIpc) is 3.49. The summed E-state index contributed by atoms with van der Waals surface area (Å²) in [5.74, 6) is 1.91. The minimum absolute atomic E-state index is 0.322. The molecule has 0 amide bonds. The van der Waals surface area contributed by atoms with E-state index in [9.17, 15) is 0 Å². The highest BCUT2D eigenvalue weighted by molar-refractivity contribution is 7.03. The number of nitrogens with one attached hydrogen (secondary N) is 1. The summed E-state index contributed by atoms with van der Waals surface area (Å²) in [7, 11) is 1.75. The van der Waals surface area contributed by atoms with Gasteiger partial charge in [0.15, 0.2) is 0 Å². The van der Waals surface area contributed by atoms with E-state index in [2.05, 4.69) is 98.7 Å². The van der Waals surface area contributed by atoms with Crippen molar-refractivity contribution in [1.29, 1.82) is 0 Å². The molecular weight excluding hydrogens is 464 g/mol. The lowest BCUT2D eigenvalue weighted by Gasteiger charge is -2.54. The lowest BCUT2D eigenvalue weighted by atomic mass is 9.70. The van der Waals surface area contributed by atoms with Crippen molar-refractivity contribution in [3.63, 3.8) is 0 Å². The van der Waals surface area contributed by atoms with Crippen LogP contribution < -0.4 is 10.1 Å². The first kappa shape index (κ1) is 23.3. The topological polar surface area (TPSA) is 50.3 Å². The molecule has 5 nitrogen and oxygen atoms in total. The molecule has 3 fully saturated rings. The Balaban J connectivity index is 1.33. The van der Waals surface area contributed by atoms with Crippen molar-refractivity contribution in [2.24, 2.45) is 5.92 Å². The Labute approximate surface area is 217 Å². The third-order valence-corrected chi connectivity index (χ3v) is 8.50. The van der Waals surface area contributed by atoms with Gasteiger partial charge < -0.3 is 10.1 Å². The van der Waals surface area contributed by atoms with Crippen LogP contribution in [0.1, 0.15) is 35.4 Å². The van der Waals surface area contributed by atoms with Crippen LogP contribution in [0.25, 0.3) is 11.3 Å². The average molecular weight is 497 g/mol. The third-order valence-electron chi connectivity index (χ3n) is 7.99. The molecule has 3 saturated heterocycles. The lowest BCUT2D eigenvalue weighted by molar-refractivity contribution is 0.00462. The SMILES string of the molecule is COc1ccc(-c2csnn2)cc1CN[C@H]1C2CCN(CC2)[C@H]1C(c1ccccc1)c1ccccc1. The Kier molecular flexibility index (Phi) is 6.81. The van der Waals surface area contributed by atoms with Gasteiger partial charge in [-0.1, -0.05) is 65.2 Å². The Bertz CT molecular complexity index is 1220. The number of fused-ring (bicyclic) bond motifs is 3. The molecule has 3 aliphatic heterocycles. The zero-order valence-corrected chi connectivity index (χ0v) is 21.4. The van der Waals surface area contributed by atoms with E-state index in [0.29, 0.717) is 23.9 Å². The van der Waals surface area contributed by atoms with Crippen LogP contribution in [-0.2, 0) is 6.54 Å². The van der Waals surface area contributed by atoms with Crippen LogP contribution in [-0.4, -0.2) is 46.8 Å². The molecule has 0 radical (unpaired) electrons. The van der Waals surface area contributed by atoms with Crippen LogP contribution in [0.4, 0.5) is 0 Å². The van der Waals surface area contributed by atoms with Crippen molar-refractivity contribution in [3.8, 4) is 17.0 Å². The lowest BCUT2D eigenvalue weighted by Crippen LogP contribution is -2.64. The molecule has 1 aromatic heterocycles. The molecule has 4 heterocycles. The van der Waals surface area contributed by atoms with Crippen LogP contribution >= 0.6 is 11.5 Å². The van der Waals surface area contributed by atoms with Gasteiger partial charge >= 0.3 is 0 Å². The molecule has 2 bridgehead atoms. The van der Waals surface area contributed by atoms with Crippen molar-refractivity contribution < 1.29 is 4.74 Å². The highest BCUT2D eigenvalue weighted by Crippen LogP contribution is 2.42. The van der Waals surface area contributed by atoms with E-state index in [-0.39, 0.29) is 0 Å². The Morgan fingerprint density at radius 1 is 0.972 bits per heavy atom. The van der Waals surface area contributed by atoms with Crippen LogP contribution in [0.15, 0.2) is 84.2 Å². The van der Waals surface area contributed by atoms with Crippen LogP contribution in [0.3, 0.4) is 0 Å². The van der Waals surface area contributed by atoms with Crippen LogP contribution in [0.5, 0.6) is 5.75 Å². The van der Waals surface area contributed by atoms with Gasteiger partial charge in [-0.2, -0.15) is 0 Å². The monoisotopic (exact) mass is 496 g/mol. The van der Waals surface area contributed by atoms with E-state index in [1.54, 1.807) is 7.11 Å². The molecule has 184 valence electrons. The first-order valence-corrected chi connectivity index (χ1v) is 13.7. The van der Waals surface area contributed by atoms with Crippen molar-refractivity contribution >= 4 is 11.5 Å². The largest absolute Gasteiger partial charge is 0.496 e.